The number of H-pyrrole nitrogens is 1. The number of esters is 1. The third-order valence-corrected chi connectivity index (χ3v) is 3.78. The first-order valence-corrected chi connectivity index (χ1v) is 7.69. The fraction of sp³-hybridized carbons (Fsp3) is 0.111. The molecule has 1 heterocycles. The van der Waals surface area contributed by atoms with Crippen LogP contribution in [0.5, 0.6) is 0 Å². The van der Waals surface area contributed by atoms with E-state index in [1.165, 1.54) is 31.4 Å². The number of carbonyl (C=O) groups is 2. The molecule has 0 spiro atoms. The van der Waals surface area contributed by atoms with E-state index in [-0.39, 0.29) is 0 Å². The number of anilines is 1. The summed E-state index contributed by atoms with van der Waals surface area (Å²) in [4.78, 5) is 50.6. The fourth-order valence-corrected chi connectivity index (χ4v) is 2.49. The number of carbonyl (C=O) groups excluding carboxylic acids is 2. The minimum Gasteiger partial charge on any atom is -0.465 e. The molecule has 3 rings (SSSR count). The summed E-state index contributed by atoms with van der Waals surface area (Å²) < 4.78 is 5.43. The zero-order chi connectivity index (χ0) is 18.7. The summed E-state index contributed by atoms with van der Waals surface area (Å²) in [5.41, 5.74) is -0.0244. The minimum atomic E-state index is -0.662. The smallest absolute Gasteiger partial charge is 0.337 e. The number of aromatic amines is 1. The summed E-state index contributed by atoms with van der Waals surface area (Å²) >= 11 is 0. The van der Waals surface area contributed by atoms with E-state index in [2.05, 4.69) is 15.0 Å². The number of methoxy groups -OCH3 is 1. The van der Waals surface area contributed by atoms with Crippen molar-refractivity contribution in [2.75, 3.05) is 12.4 Å². The van der Waals surface area contributed by atoms with Gasteiger partial charge in [-0.3, -0.25) is 14.2 Å². The van der Waals surface area contributed by atoms with E-state index in [0.717, 1.165) is 4.57 Å². The Morgan fingerprint density at radius 3 is 2.46 bits per heavy atom. The van der Waals surface area contributed by atoms with Crippen molar-refractivity contribution in [3.63, 3.8) is 0 Å². The van der Waals surface area contributed by atoms with Crippen LogP contribution in [-0.2, 0) is 16.1 Å². The van der Waals surface area contributed by atoms with Crippen molar-refractivity contribution in [2.24, 2.45) is 0 Å². The van der Waals surface area contributed by atoms with Gasteiger partial charge in [-0.1, -0.05) is 12.1 Å². The molecule has 0 aliphatic carbocycles. The average Bonchev–Trinajstić information content (AvgIpc) is 2.65. The molecule has 0 saturated carbocycles. The number of amides is 1. The van der Waals surface area contributed by atoms with Crippen molar-refractivity contribution in [2.45, 2.75) is 6.54 Å². The van der Waals surface area contributed by atoms with Crippen molar-refractivity contribution in [1.29, 1.82) is 0 Å². The van der Waals surface area contributed by atoms with E-state index in [1.54, 1.807) is 24.3 Å². The molecule has 0 fully saturated rings. The number of fused-ring (bicyclic) bond motifs is 1. The van der Waals surface area contributed by atoms with Crippen LogP contribution < -0.4 is 16.6 Å². The molecule has 0 aliphatic heterocycles. The van der Waals surface area contributed by atoms with Crippen LogP contribution >= 0.6 is 0 Å². The summed E-state index contributed by atoms with van der Waals surface area (Å²) in [5.74, 6) is -1.03. The number of para-hydroxylation sites is 1. The second-order valence-corrected chi connectivity index (χ2v) is 5.48. The molecule has 2 N–H and O–H groups in total. The molecular weight excluding hydrogens is 338 g/mol. The number of hydrogen-bond donors (Lipinski definition) is 2. The van der Waals surface area contributed by atoms with Gasteiger partial charge in [-0.25, -0.2) is 9.59 Å². The van der Waals surface area contributed by atoms with Crippen LogP contribution in [-0.4, -0.2) is 28.5 Å². The van der Waals surface area contributed by atoms with Crippen LogP contribution in [0.2, 0.25) is 0 Å². The lowest BCUT2D eigenvalue weighted by atomic mass is 10.2. The van der Waals surface area contributed by atoms with Gasteiger partial charge in [0.2, 0.25) is 5.91 Å². The molecule has 0 aliphatic rings. The number of hydrogen-bond acceptors (Lipinski definition) is 5. The average molecular weight is 353 g/mol. The number of aromatic nitrogens is 2. The molecule has 0 atom stereocenters. The molecule has 8 heteroatoms. The van der Waals surface area contributed by atoms with E-state index >= 15 is 0 Å². The van der Waals surface area contributed by atoms with Gasteiger partial charge in [-0.15, -0.1) is 0 Å². The van der Waals surface area contributed by atoms with Gasteiger partial charge >= 0.3 is 11.7 Å². The first-order valence-electron chi connectivity index (χ1n) is 7.69. The lowest BCUT2D eigenvalue weighted by Crippen LogP contribution is -2.38. The second kappa shape index (κ2) is 7.06. The summed E-state index contributed by atoms with van der Waals surface area (Å²) in [5, 5.41) is 2.90. The van der Waals surface area contributed by atoms with Crippen LogP contribution in [0, 0.1) is 0 Å². The number of ether oxygens (including phenoxy) is 1. The molecular formula is C18H15N3O5. The van der Waals surface area contributed by atoms with Gasteiger partial charge in [0.05, 0.1) is 23.6 Å². The van der Waals surface area contributed by atoms with Gasteiger partial charge < -0.3 is 15.0 Å². The Morgan fingerprint density at radius 1 is 1.08 bits per heavy atom. The largest absolute Gasteiger partial charge is 0.465 e. The standard InChI is InChI=1S/C18H15N3O5/c1-26-17(24)11-6-8-12(9-7-11)19-15(22)10-21-16(23)13-4-2-3-5-14(13)20-18(21)25/h2-9H,10H2,1H3,(H,19,22)(H,20,25). The van der Waals surface area contributed by atoms with Gasteiger partial charge in [0, 0.05) is 5.69 Å². The normalized spacial score (nSPS) is 10.5. The predicted octanol–water partition coefficient (Wildman–Crippen LogP) is 1.12. The highest BCUT2D eigenvalue weighted by Gasteiger charge is 2.12. The quantitative estimate of drug-likeness (QED) is 0.683. The first kappa shape index (κ1) is 17.2. The van der Waals surface area contributed by atoms with E-state index in [1.807, 2.05) is 0 Å². The van der Waals surface area contributed by atoms with Crippen LogP contribution in [0.3, 0.4) is 0 Å². The van der Waals surface area contributed by atoms with Crippen molar-refractivity contribution in [3.8, 4) is 0 Å². The predicted molar refractivity (Wildman–Crippen MR) is 95.2 cm³/mol. The highest BCUT2D eigenvalue weighted by atomic mass is 16.5. The monoisotopic (exact) mass is 353 g/mol. The van der Waals surface area contributed by atoms with E-state index in [9.17, 15) is 19.2 Å². The molecule has 0 unspecified atom stereocenters. The van der Waals surface area contributed by atoms with E-state index < -0.39 is 29.7 Å². The number of nitrogens with one attached hydrogen (secondary N) is 2. The van der Waals surface area contributed by atoms with Crippen molar-refractivity contribution < 1.29 is 14.3 Å². The first-order chi connectivity index (χ1) is 12.5. The van der Waals surface area contributed by atoms with Gasteiger partial charge in [0.15, 0.2) is 0 Å². The van der Waals surface area contributed by atoms with Crippen LogP contribution in [0.4, 0.5) is 5.69 Å². The lowest BCUT2D eigenvalue weighted by Gasteiger charge is -2.08. The molecule has 26 heavy (non-hydrogen) atoms. The molecule has 132 valence electrons. The van der Waals surface area contributed by atoms with Crippen molar-refractivity contribution >= 4 is 28.5 Å². The summed E-state index contributed by atoms with van der Waals surface area (Å²) in [6.07, 6.45) is 0. The molecule has 0 radical (unpaired) electrons. The number of nitrogens with zero attached hydrogens (tertiary/aromatic N) is 1. The number of rotatable bonds is 4. The van der Waals surface area contributed by atoms with Crippen molar-refractivity contribution in [3.05, 3.63) is 74.9 Å². The SMILES string of the molecule is COC(=O)c1ccc(NC(=O)Cn2c(=O)[nH]c3ccccc3c2=O)cc1. The second-order valence-electron chi connectivity index (χ2n) is 5.48. The van der Waals surface area contributed by atoms with E-state index in [4.69, 9.17) is 0 Å². The molecule has 3 aromatic rings. The van der Waals surface area contributed by atoms with Gasteiger partial charge in [-0.2, -0.15) is 0 Å². The molecule has 8 nitrogen and oxygen atoms in total. The van der Waals surface area contributed by atoms with E-state index in [0.29, 0.717) is 22.2 Å². The Bertz CT molecular complexity index is 1100. The maximum Gasteiger partial charge on any atom is 0.337 e. The Labute approximate surface area is 147 Å². The fourth-order valence-electron chi connectivity index (χ4n) is 2.49. The van der Waals surface area contributed by atoms with Gasteiger partial charge in [0.25, 0.3) is 5.56 Å². The summed E-state index contributed by atoms with van der Waals surface area (Å²) in [7, 11) is 1.27. The Hall–Kier alpha value is -3.68. The van der Waals surface area contributed by atoms with Crippen LogP contribution in [0.1, 0.15) is 10.4 Å². The third-order valence-electron chi connectivity index (χ3n) is 3.78. The van der Waals surface area contributed by atoms with Crippen LogP contribution in [0.15, 0.2) is 58.1 Å². The Balaban J connectivity index is 1.80. The topological polar surface area (TPSA) is 110 Å². The minimum absolute atomic E-state index is 0.322. The molecule has 0 saturated heterocycles. The zero-order valence-electron chi connectivity index (χ0n) is 13.8. The molecule has 2 aromatic carbocycles. The Kier molecular flexibility index (Phi) is 4.66. The maximum atomic E-state index is 12.4. The molecule has 1 aromatic heterocycles. The van der Waals surface area contributed by atoms with Gasteiger partial charge in [-0.05, 0) is 36.4 Å². The zero-order valence-corrected chi connectivity index (χ0v) is 13.8. The third kappa shape index (κ3) is 3.39. The lowest BCUT2D eigenvalue weighted by molar-refractivity contribution is -0.116. The molecule has 1 amide bonds. The number of benzene rings is 2. The summed E-state index contributed by atoms with van der Waals surface area (Å²) in [6, 6.07) is 12.6. The van der Waals surface area contributed by atoms with Crippen molar-refractivity contribution in [1.82, 2.24) is 9.55 Å². The highest BCUT2D eigenvalue weighted by Crippen LogP contribution is 2.10. The highest BCUT2D eigenvalue weighted by molar-refractivity contribution is 5.93. The maximum absolute atomic E-state index is 12.4. The molecule has 0 bridgehead atoms. The summed E-state index contributed by atoms with van der Waals surface area (Å²) in [6.45, 7) is -0.433. The van der Waals surface area contributed by atoms with Crippen LogP contribution in [0.25, 0.3) is 10.9 Å². The Morgan fingerprint density at radius 2 is 1.77 bits per heavy atom. The van der Waals surface area contributed by atoms with Gasteiger partial charge in [0.1, 0.15) is 6.54 Å².